The maximum absolute atomic E-state index is 12.8. The topological polar surface area (TPSA) is 55.6 Å². The maximum Gasteiger partial charge on any atom is 0.243 e. The van der Waals surface area contributed by atoms with Crippen LogP contribution in [0.3, 0.4) is 0 Å². The van der Waals surface area contributed by atoms with Crippen LogP contribution in [0.4, 0.5) is 0 Å². The van der Waals surface area contributed by atoms with Crippen molar-refractivity contribution in [1.82, 2.24) is 4.90 Å². The highest BCUT2D eigenvalue weighted by atomic mass is 32.2. The summed E-state index contributed by atoms with van der Waals surface area (Å²) in [6.45, 7) is 1.60. The molecule has 0 spiro atoms. The lowest BCUT2D eigenvalue weighted by molar-refractivity contribution is -0.144. The highest BCUT2D eigenvalue weighted by Crippen LogP contribution is 2.34. The highest BCUT2D eigenvalue weighted by molar-refractivity contribution is 7.99. The molecule has 0 bridgehead atoms. The van der Waals surface area contributed by atoms with E-state index < -0.39 is 5.54 Å². The van der Waals surface area contributed by atoms with Gasteiger partial charge in [0.05, 0.1) is 11.6 Å². The Hall–Kier alpha value is -0.260. The number of hydrogen-bond donors (Lipinski definition) is 1. The second-order valence-electron chi connectivity index (χ2n) is 6.12. The van der Waals surface area contributed by atoms with E-state index in [0.29, 0.717) is 6.04 Å². The van der Waals surface area contributed by atoms with E-state index in [1.165, 1.54) is 0 Å². The van der Waals surface area contributed by atoms with Crippen molar-refractivity contribution >= 4 is 17.7 Å². The minimum absolute atomic E-state index is 0.182. The van der Waals surface area contributed by atoms with Gasteiger partial charge in [0.1, 0.15) is 0 Å². The van der Waals surface area contributed by atoms with Crippen LogP contribution in [-0.2, 0) is 9.53 Å². The molecular weight excluding hydrogens is 260 g/mol. The van der Waals surface area contributed by atoms with Crippen LogP contribution in [0.15, 0.2) is 0 Å². The molecule has 3 rings (SSSR count). The van der Waals surface area contributed by atoms with Crippen molar-refractivity contribution in [3.63, 3.8) is 0 Å². The molecule has 0 aromatic heterocycles. The molecular formula is C14H24N2O2S. The molecule has 2 saturated heterocycles. The Morgan fingerprint density at radius 2 is 2.21 bits per heavy atom. The first-order chi connectivity index (χ1) is 9.19. The SMILES string of the molecule is NC1(C(=O)N(CC2CCCO2)C2CCSC2)CCC1. The van der Waals surface area contributed by atoms with Crippen LogP contribution in [0.2, 0.25) is 0 Å². The van der Waals surface area contributed by atoms with Gasteiger partial charge < -0.3 is 15.4 Å². The van der Waals surface area contributed by atoms with E-state index in [9.17, 15) is 4.79 Å². The molecule has 0 aromatic carbocycles. The number of ether oxygens (including phenoxy) is 1. The van der Waals surface area contributed by atoms with Gasteiger partial charge in [0.15, 0.2) is 0 Å². The lowest BCUT2D eigenvalue weighted by Crippen LogP contribution is -2.62. The number of hydrogen-bond acceptors (Lipinski definition) is 4. The van der Waals surface area contributed by atoms with Crippen molar-refractivity contribution in [1.29, 1.82) is 0 Å². The van der Waals surface area contributed by atoms with E-state index in [4.69, 9.17) is 10.5 Å². The molecule has 5 heteroatoms. The molecule has 2 N–H and O–H groups in total. The van der Waals surface area contributed by atoms with Gasteiger partial charge in [-0.3, -0.25) is 4.79 Å². The third-order valence-corrected chi connectivity index (χ3v) is 5.85. The normalized spacial score (nSPS) is 33.1. The number of nitrogens with zero attached hydrogens (tertiary/aromatic N) is 1. The van der Waals surface area contributed by atoms with E-state index in [0.717, 1.165) is 63.2 Å². The number of amides is 1. The average molecular weight is 284 g/mol. The summed E-state index contributed by atoms with van der Waals surface area (Å²) < 4.78 is 5.72. The van der Waals surface area contributed by atoms with E-state index in [1.54, 1.807) is 0 Å². The van der Waals surface area contributed by atoms with Gasteiger partial charge in [0, 0.05) is 24.9 Å². The Labute approximate surface area is 119 Å². The molecule has 2 aliphatic heterocycles. The van der Waals surface area contributed by atoms with E-state index in [1.807, 2.05) is 11.8 Å². The first-order valence-corrected chi connectivity index (χ1v) is 8.64. The van der Waals surface area contributed by atoms with Crippen LogP contribution < -0.4 is 5.73 Å². The number of thioether (sulfide) groups is 1. The summed E-state index contributed by atoms with van der Waals surface area (Å²) in [7, 11) is 0. The summed E-state index contributed by atoms with van der Waals surface area (Å²) in [6, 6.07) is 0.378. The van der Waals surface area contributed by atoms with Crippen molar-refractivity contribution in [2.45, 2.75) is 56.2 Å². The third kappa shape index (κ3) is 2.78. The van der Waals surface area contributed by atoms with Crippen molar-refractivity contribution in [3.05, 3.63) is 0 Å². The van der Waals surface area contributed by atoms with Crippen LogP contribution in [0, 0.1) is 0 Å². The molecule has 3 aliphatic rings. The van der Waals surface area contributed by atoms with Gasteiger partial charge in [-0.2, -0.15) is 11.8 Å². The van der Waals surface area contributed by atoms with Gasteiger partial charge in [0.25, 0.3) is 0 Å². The van der Waals surface area contributed by atoms with Crippen molar-refractivity contribution in [2.24, 2.45) is 5.73 Å². The van der Waals surface area contributed by atoms with Gasteiger partial charge in [-0.05, 0) is 44.3 Å². The van der Waals surface area contributed by atoms with E-state index >= 15 is 0 Å². The Kier molecular flexibility index (Phi) is 4.06. The predicted molar refractivity (Wildman–Crippen MR) is 77.2 cm³/mol. The molecule has 0 radical (unpaired) electrons. The van der Waals surface area contributed by atoms with Gasteiger partial charge in [-0.25, -0.2) is 0 Å². The quantitative estimate of drug-likeness (QED) is 0.847. The first kappa shape index (κ1) is 13.7. The largest absolute Gasteiger partial charge is 0.376 e. The van der Waals surface area contributed by atoms with Crippen molar-refractivity contribution in [3.8, 4) is 0 Å². The molecule has 2 unspecified atom stereocenters. The van der Waals surface area contributed by atoms with Crippen LogP contribution in [0.5, 0.6) is 0 Å². The second kappa shape index (κ2) is 5.62. The highest BCUT2D eigenvalue weighted by Gasteiger charge is 2.45. The van der Waals surface area contributed by atoms with Crippen LogP contribution in [-0.4, -0.2) is 53.1 Å². The number of carbonyl (C=O) groups is 1. The standard InChI is InChI=1S/C14H24N2O2S/c15-14(5-2-6-14)13(17)16(11-4-8-19-10-11)9-12-3-1-7-18-12/h11-12H,1-10,15H2. The van der Waals surface area contributed by atoms with Gasteiger partial charge in [0.2, 0.25) is 5.91 Å². The molecule has 2 heterocycles. The average Bonchev–Trinajstić information content (AvgIpc) is 3.04. The first-order valence-electron chi connectivity index (χ1n) is 7.48. The number of carbonyl (C=O) groups excluding carboxylic acids is 1. The van der Waals surface area contributed by atoms with Crippen molar-refractivity contribution < 1.29 is 9.53 Å². The molecule has 108 valence electrons. The molecule has 4 nitrogen and oxygen atoms in total. The fraction of sp³-hybridized carbons (Fsp3) is 0.929. The van der Waals surface area contributed by atoms with Gasteiger partial charge in [-0.1, -0.05) is 0 Å². The Morgan fingerprint density at radius 1 is 1.37 bits per heavy atom. The monoisotopic (exact) mass is 284 g/mol. The lowest BCUT2D eigenvalue weighted by Gasteiger charge is -2.43. The van der Waals surface area contributed by atoms with Gasteiger partial charge >= 0.3 is 0 Å². The smallest absolute Gasteiger partial charge is 0.243 e. The van der Waals surface area contributed by atoms with Gasteiger partial charge in [-0.15, -0.1) is 0 Å². The summed E-state index contributed by atoms with van der Waals surface area (Å²) in [5.41, 5.74) is 5.69. The Balaban J connectivity index is 1.69. The van der Waals surface area contributed by atoms with Crippen LogP contribution in [0.1, 0.15) is 38.5 Å². The fourth-order valence-electron chi connectivity index (χ4n) is 3.23. The third-order valence-electron chi connectivity index (χ3n) is 4.70. The molecule has 0 aromatic rings. The molecule has 3 fully saturated rings. The molecule has 19 heavy (non-hydrogen) atoms. The number of nitrogens with two attached hydrogens (primary N) is 1. The predicted octanol–water partition coefficient (Wildman–Crippen LogP) is 1.38. The summed E-state index contributed by atoms with van der Waals surface area (Å²) in [5.74, 6) is 2.41. The molecule has 1 aliphatic carbocycles. The maximum atomic E-state index is 12.8. The van der Waals surface area contributed by atoms with E-state index in [2.05, 4.69) is 4.90 Å². The fourth-order valence-corrected chi connectivity index (χ4v) is 4.46. The Morgan fingerprint density at radius 3 is 2.74 bits per heavy atom. The summed E-state index contributed by atoms with van der Waals surface area (Å²) >= 11 is 1.95. The zero-order chi connectivity index (χ0) is 13.3. The molecule has 1 amide bonds. The second-order valence-corrected chi connectivity index (χ2v) is 7.27. The van der Waals surface area contributed by atoms with Crippen LogP contribution >= 0.6 is 11.8 Å². The zero-order valence-electron chi connectivity index (χ0n) is 11.5. The van der Waals surface area contributed by atoms with E-state index in [-0.39, 0.29) is 12.0 Å². The summed E-state index contributed by atoms with van der Waals surface area (Å²) in [5, 5.41) is 0. The lowest BCUT2D eigenvalue weighted by atomic mass is 9.76. The summed E-state index contributed by atoms with van der Waals surface area (Å²) in [6.07, 6.45) is 6.36. The number of rotatable bonds is 4. The van der Waals surface area contributed by atoms with Crippen molar-refractivity contribution in [2.75, 3.05) is 24.7 Å². The minimum Gasteiger partial charge on any atom is -0.376 e. The summed E-state index contributed by atoms with van der Waals surface area (Å²) in [4.78, 5) is 14.8. The molecule has 2 atom stereocenters. The van der Waals surface area contributed by atoms with Crippen LogP contribution in [0.25, 0.3) is 0 Å². The molecule has 1 saturated carbocycles. The Bertz CT molecular complexity index is 334. The zero-order valence-corrected chi connectivity index (χ0v) is 12.3. The minimum atomic E-state index is -0.564.